The molecule has 56 heavy (non-hydrogen) atoms. The molecule has 0 fully saturated rings. The normalized spacial score (nSPS) is 15.0. The van der Waals surface area contributed by atoms with Gasteiger partial charge in [0.1, 0.15) is 42.3 Å². The number of aliphatic hydroxyl groups excluding tert-OH is 1. The number of carbonyl (C=O) groups is 11. The zero-order valence-corrected chi connectivity index (χ0v) is 31.8. The summed E-state index contributed by atoms with van der Waals surface area (Å²) < 4.78 is 0. The van der Waals surface area contributed by atoms with Crippen LogP contribution in [0.2, 0.25) is 0 Å². The van der Waals surface area contributed by atoms with E-state index in [0.717, 1.165) is 6.92 Å². The molecule has 0 bridgehead atoms. The van der Waals surface area contributed by atoms with Crippen LogP contribution in [-0.4, -0.2) is 126 Å². The molecule has 0 rings (SSSR count). The minimum Gasteiger partial charge on any atom is -0.394 e. The van der Waals surface area contributed by atoms with Crippen molar-refractivity contribution in [2.75, 3.05) is 13.2 Å². The molecule has 8 atom stereocenters. The minimum absolute atomic E-state index is 0.0432. The van der Waals surface area contributed by atoms with E-state index >= 15 is 0 Å². The third-order valence-electron chi connectivity index (χ3n) is 8.14. The van der Waals surface area contributed by atoms with E-state index < -0.39 is 139 Å². The molecule has 0 aliphatic rings. The van der Waals surface area contributed by atoms with Crippen molar-refractivity contribution in [1.29, 1.82) is 0 Å². The van der Waals surface area contributed by atoms with E-state index in [2.05, 4.69) is 37.2 Å². The topological polar surface area (TPSA) is 422 Å². The van der Waals surface area contributed by atoms with E-state index in [0.29, 0.717) is 19.3 Å². The Bertz CT molecular complexity index is 1450. The molecule has 0 aliphatic heterocycles. The zero-order valence-electron chi connectivity index (χ0n) is 31.8. The average Bonchev–Trinajstić information content (AvgIpc) is 3.09. The standard InChI is InChI=1S/C32H56N12O12/c1-5-14(2)25(32(56)40-17(8-6-7-9-33)28(52)41-18(26(37)50)10-22(34)47)44-27(51)15(3)38-29(53)20(12-24(36)49)42-31(55)21(13-45)43-30(54)19(11-23(35)48)39-16(4)46/h14-15,17-21,25,45H,5-13,33H2,1-4H3,(H2,34,47)(H2,35,48)(H2,36,49)(H2,37,50)(H,38,53)(H,39,46)(H,40,56)(H,41,52)(H,42,55)(H,43,54)(H,44,51)/t14-,15-,17-,18-,19-,20-,21-,25-/m0/s1. The Hall–Kier alpha value is -5.91. The van der Waals surface area contributed by atoms with Gasteiger partial charge in [0.2, 0.25) is 65.0 Å². The molecule has 0 saturated heterocycles. The lowest BCUT2D eigenvalue weighted by Gasteiger charge is -2.28. The van der Waals surface area contributed by atoms with Crippen molar-refractivity contribution in [2.24, 2.45) is 34.6 Å². The van der Waals surface area contributed by atoms with Crippen LogP contribution >= 0.6 is 0 Å². The number of nitrogens with two attached hydrogens (primary N) is 5. The van der Waals surface area contributed by atoms with Gasteiger partial charge in [0.15, 0.2) is 0 Å². The fraction of sp³-hybridized carbons (Fsp3) is 0.656. The molecule has 0 unspecified atom stereocenters. The highest BCUT2D eigenvalue weighted by molar-refractivity contribution is 5.99. The summed E-state index contributed by atoms with van der Waals surface area (Å²) in [6.45, 7) is 4.82. The van der Waals surface area contributed by atoms with E-state index in [1.165, 1.54) is 6.92 Å². The van der Waals surface area contributed by atoms with Crippen LogP contribution < -0.4 is 65.9 Å². The van der Waals surface area contributed by atoms with Crippen molar-refractivity contribution >= 4 is 65.0 Å². The summed E-state index contributed by atoms with van der Waals surface area (Å²) in [6.07, 6.45) is -0.854. The molecule has 18 N–H and O–H groups in total. The summed E-state index contributed by atoms with van der Waals surface area (Å²) >= 11 is 0. The number of rotatable bonds is 27. The third kappa shape index (κ3) is 18.9. The Labute approximate surface area is 322 Å². The van der Waals surface area contributed by atoms with Crippen LogP contribution in [0.15, 0.2) is 0 Å². The molecular formula is C32H56N12O12. The molecular weight excluding hydrogens is 744 g/mol. The second-order valence-electron chi connectivity index (χ2n) is 13.0. The van der Waals surface area contributed by atoms with Crippen molar-refractivity contribution in [1.82, 2.24) is 37.2 Å². The van der Waals surface area contributed by atoms with Gasteiger partial charge < -0.3 is 71.0 Å². The van der Waals surface area contributed by atoms with Gasteiger partial charge in [-0.3, -0.25) is 52.7 Å². The summed E-state index contributed by atoms with van der Waals surface area (Å²) in [6, 6.07) is -10.5. The van der Waals surface area contributed by atoms with Gasteiger partial charge in [0.05, 0.1) is 25.9 Å². The molecule has 0 aromatic carbocycles. The van der Waals surface area contributed by atoms with E-state index in [9.17, 15) is 57.8 Å². The highest BCUT2D eigenvalue weighted by Crippen LogP contribution is 2.11. The van der Waals surface area contributed by atoms with Crippen LogP contribution in [-0.2, 0) is 52.7 Å². The zero-order chi connectivity index (χ0) is 43.3. The van der Waals surface area contributed by atoms with Crippen molar-refractivity contribution < 1.29 is 57.8 Å². The minimum atomic E-state index is -1.77. The summed E-state index contributed by atoms with van der Waals surface area (Å²) in [5.74, 6) is -11.3. The average molecular weight is 801 g/mol. The number of amides is 11. The molecule has 0 radical (unpaired) electrons. The number of carbonyl (C=O) groups excluding carboxylic acids is 11. The van der Waals surface area contributed by atoms with Crippen LogP contribution in [0.1, 0.15) is 72.6 Å². The third-order valence-corrected chi connectivity index (χ3v) is 8.14. The van der Waals surface area contributed by atoms with E-state index in [-0.39, 0.29) is 13.0 Å². The fourth-order valence-electron chi connectivity index (χ4n) is 4.88. The van der Waals surface area contributed by atoms with Gasteiger partial charge in [-0.05, 0) is 38.6 Å². The lowest BCUT2D eigenvalue weighted by molar-refractivity contribution is -0.137. The maximum absolute atomic E-state index is 13.6. The van der Waals surface area contributed by atoms with Gasteiger partial charge in [0, 0.05) is 6.92 Å². The van der Waals surface area contributed by atoms with E-state index in [1.807, 2.05) is 0 Å². The summed E-state index contributed by atoms with van der Waals surface area (Å²) in [7, 11) is 0. The Morgan fingerprint density at radius 2 is 0.964 bits per heavy atom. The van der Waals surface area contributed by atoms with Crippen molar-refractivity contribution in [3.63, 3.8) is 0 Å². The van der Waals surface area contributed by atoms with Crippen LogP contribution in [0.5, 0.6) is 0 Å². The molecule has 316 valence electrons. The molecule has 11 amide bonds. The van der Waals surface area contributed by atoms with Crippen molar-refractivity contribution in [3.8, 4) is 0 Å². The highest BCUT2D eigenvalue weighted by Gasteiger charge is 2.35. The number of hydrogen-bond acceptors (Lipinski definition) is 13. The lowest BCUT2D eigenvalue weighted by Crippen LogP contribution is -2.61. The van der Waals surface area contributed by atoms with Gasteiger partial charge in [-0.1, -0.05) is 20.3 Å². The van der Waals surface area contributed by atoms with Gasteiger partial charge in [-0.25, -0.2) is 0 Å². The molecule has 24 nitrogen and oxygen atoms in total. The fourth-order valence-corrected chi connectivity index (χ4v) is 4.88. The monoisotopic (exact) mass is 800 g/mol. The first-order chi connectivity index (χ1) is 26.1. The Morgan fingerprint density at radius 3 is 1.43 bits per heavy atom. The van der Waals surface area contributed by atoms with Gasteiger partial charge >= 0.3 is 0 Å². The molecule has 24 heteroatoms. The SMILES string of the molecule is CC[C@H](C)[C@H](NC(=O)[C@H](C)NC(=O)[C@H](CC(N)=O)NC(=O)[C@H](CO)NC(=O)[C@H](CC(N)=O)NC(C)=O)C(=O)N[C@@H](CCCCN)C(=O)N[C@@H](CC(N)=O)C(N)=O. The first-order valence-electron chi connectivity index (χ1n) is 17.6. The van der Waals surface area contributed by atoms with Gasteiger partial charge in [-0.2, -0.15) is 0 Å². The lowest BCUT2D eigenvalue weighted by atomic mass is 9.97. The molecule has 0 saturated carbocycles. The maximum atomic E-state index is 13.6. The predicted octanol–water partition coefficient (Wildman–Crippen LogP) is -7.30. The number of unbranched alkanes of at least 4 members (excludes halogenated alkanes) is 1. The molecule has 0 aliphatic carbocycles. The first-order valence-corrected chi connectivity index (χ1v) is 17.6. The van der Waals surface area contributed by atoms with Crippen molar-refractivity contribution in [2.45, 2.75) is 115 Å². The predicted molar refractivity (Wildman–Crippen MR) is 195 cm³/mol. The Morgan fingerprint density at radius 1 is 0.536 bits per heavy atom. The van der Waals surface area contributed by atoms with Crippen LogP contribution in [0, 0.1) is 5.92 Å². The highest BCUT2D eigenvalue weighted by atomic mass is 16.3. The van der Waals surface area contributed by atoms with Gasteiger partial charge in [0.25, 0.3) is 0 Å². The van der Waals surface area contributed by atoms with E-state index in [4.69, 9.17) is 28.7 Å². The molecule has 0 heterocycles. The Kier molecular flexibility index (Phi) is 22.6. The number of primary amides is 4. The second-order valence-corrected chi connectivity index (χ2v) is 13.0. The smallest absolute Gasteiger partial charge is 0.245 e. The Balaban J connectivity index is 6.00. The number of aliphatic hydroxyl groups is 1. The van der Waals surface area contributed by atoms with Crippen LogP contribution in [0.4, 0.5) is 0 Å². The maximum Gasteiger partial charge on any atom is 0.245 e. The first kappa shape index (κ1) is 50.1. The molecule has 0 aromatic heterocycles. The molecule has 0 aromatic rings. The summed E-state index contributed by atoms with van der Waals surface area (Å²) in [5.41, 5.74) is 26.3. The summed E-state index contributed by atoms with van der Waals surface area (Å²) in [5, 5.41) is 25.8. The van der Waals surface area contributed by atoms with Crippen LogP contribution in [0.25, 0.3) is 0 Å². The van der Waals surface area contributed by atoms with Crippen molar-refractivity contribution in [3.05, 3.63) is 0 Å². The second kappa shape index (κ2) is 25.2. The number of hydrogen-bond donors (Lipinski definition) is 13. The molecule has 0 spiro atoms. The largest absolute Gasteiger partial charge is 0.394 e. The summed E-state index contributed by atoms with van der Waals surface area (Å²) in [4.78, 5) is 137. The van der Waals surface area contributed by atoms with Crippen LogP contribution in [0.3, 0.4) is 0 Å². The van der Waals surface area contributed by atoms with Gasteiger partial charge in [-0.15, -0.1) is 0 Å². The quantitative estimate of drug-likeness (QED) is 0.0344. The number of nitrogens with one attached hydrogen (secondary N) is 7. The van der Waals surface area contributed by atoms with E-state index in [1.54, 1.807) is 13.8 Å².